The number of benzene rings is 2. The molecule has 8 heteroatoms. The number of rotatable bonds is 8. The van der Waals surface area contributed by atoms with E-state index in [1.165, 1.54) is 11.8 Å². The Morgan fingerprint density at radius 2 is 1.78 bits per heavy atom. The first-order chi connectivity index (χ1) is 15.6. The quantitative estimate of drug-likeness (QED) is 0.376. The van der Waals surface area contributed by atoms with Gasteiger partial charge < -0.3 is 14.6 Å². The van der Waals surface area contributed by atoms with Crippen molar-refractivity contribution in [3.05, 3.63) is 78.6 Å². The minimum atomic E-state index is -0.147. The number of carbonyl (C=O) groups excluding carboxylic acids is 1. The lowest BCUT2D eigenvalue weighted by molar-refractivity contribution is -0.113. The maximum Gasteiger partial charge on any atom is 0.234 e. The fraction of sp³-hybridized carbons (Fsp3) is 0.167. The Morgan fingerprint density at radius 1 is 1.03 bits per heavy atom. The third-order valence-corrected chi connectivity index (χ3v) is 5.68. The summed E-state index contributed by atoms with van der Waals surface area (Å²) in [5.41, 5.74) is 2.71. The molecule has 0 saturated carbocycles. The molecule has 0 spiro atoms. The van der Waals surface area contributed by atoms with Crippen LogP contribution < -0.4 is 10.1 Å². The molecule has 2 aromatic carbocycles. The van der Waals surface area contributed by atoms with Crippen LogP contribution >= 0.6 is 11.8 Å². The van der Waals surface area contributed by atoms with Crippen LogP contribution in [0, 0.1) is 6.92 Å². The molecule has 0 bridgehead atoms. The second kappa shape index (κ2) is 10.1. The van der Waals surface area contributed by atoms with E-state index < -0.39 is 0 Å². The molecule has 1 N–H and O–H groups in total. The van der Waals surface area contributed by atoms with Crippen LogP contribution in [-0.2, 0) is 11.3 Å². The molecule has 0 aliphatic heterocycles. The maximum atomic E-state index is 12.7. The fourth-order valence-electron chi connectivity index (χ4n) is 3.10. The van der Waals surface area contributed by atoms with E-state index in [0.717, 1.165) is 17.0 Å². The van der Waals surface area contributed by atoms with Crippen LogP contribution in [0.5, 0.6) is 11.5 Å². The number of hydrogen-bond acceptors (Lipinski definition) is 6. The number of para-hydroxylation sites is 2. The molecule has 2 heterocycles. The lowest BCUT2D eigenvalue weighted by Gasteiger charge is -2.12. The lowest BCUT2D eigenvalue weighted by atomic mass is 10.2. The molecule has 0 aliphatic rings. The molecule has 0 saturated heterocycles. The number of aryl methyl sites for hydroxylation is 1. The van der Waals surface area contributed by atoms with Gasteiger partial charge in [-0.15, -0.1) is 10.2 Å². The predicted molar refractivity (Wildman–Crippen MR) is 126 cm³/mol. The van der Waals surface area contributed by atoms with E-state index in [4.69, 9.17) is 4.74 Å². The number of nitrogens with one attached hydrogen (secondary N) is 1. The average molecular weight is 446 g/mol. The molecule has 0 unspecified atom stereocenters. The van der Waals surface area contributed by atoms with Gasteiger partial charge in [-0.25, -0.2) is 0 Å². The first-order valence-corrected chi connectivity index (χ1v) is 11.2. The minimum Gasteiger partial charge on any atom is -0.455 e. The average Bonchev–Trinajstić information content (AvgIpc) is 3.24. The Kier molecular flexibility index (Phi) is 6.81. The second-order valence-corrected chi connectivity index (χ2v) is 7.98. The van der Waals surface area contributed by atoms with Crippen LogP contribution in [-0.4, -0.2) is 31.4 Å². The van der Waals surface area contributed by atoms with Crippen molar-refractivity contribution in [3.63, 3.8) is 0 Å². The standard InChI is InChI=1S/C24H23N5O2S/c1-3-29-23(18-12-14-25-15-13-18)27-28-24(29)32-16-22(30)26-20-6-4-5-7-21(20)31-19-10-8-17(2)9-11-19/h4-15H,3,16H2,1-2H3,(H,26,30). The van der Waals surface area contributed by atoms with Crippen LogP contribution in [0.4, 0.5) is 5.69 Å². The van der Waals surface area contributed by atoms with Gasteiger partial charge in [0, 0.05) is 24.5 Å². The van der Waals surface area contributed by atoms with Crippen molar-refractivity contribution in [2.75, 3.05) is 11.1 Å². The highest BCUT2D eigenvalue weighted by atomic mass is 32.2. The number of hydrogen-bond donors (Lipinski definition) is 1. The van der Waals surface area contributed by atoms with E-state index >= 15 is 0 Å². The highest BCUT2D eigenvalue weighted by Gasteiger charge is 2.15. The summed E-state index contributed by atoms with van der Waals surface area (Å²) in [5, 5.41) is 12.2. The summed E-state index contributed by atoms with van der Waals surface area (Å²) in [5.74, 6) is 2.12. The van der Waals surface area contributed by atoms with Gasteiger partial charge in [0.05, 0.1) is 11.4 Å². The predicted octanol–water partition coefficient (Wildman–Crippen LogP) is 5.19. The molecule has 0 atom stereocenters. The lowest BCUT2D eigenvalue weighted by Crippen LogP contribution is -2.15. The first-order valence-electron chi connectivity index (χ1n) is 10.2. The van der Waals surface area contributed by atoms with E-state index in [1.807, 2.05) is 79.1 Å². The van der Waals surface area contributed by atoms with Crippen molar-refractivity contribution in [1.82, 2.24) is 19.7 Å². The Hall–Kier alpha value is -3.65. The molecule has 7 nitrogen and oxygen atoms in total. The molecule has 4 rings (SSSR count). The highest BCUT2D eigenvalue weighted by Crippen LogP contribution is 2.30. The number of nitrogens with zero attached hydrogens (tertiary/aromatic N) is 4. The van der Waals surface area contributed by atoms with E-state index in [2.05, 4.69) is 20.5 Å². The van der Waals surface area contributed by atoms with Gasteiger partial charge in [0.1, 0.15) is 5.75 Å². The van der Waals surface area contributed by atoms with Crippen molar-refractivity contribution in [2.45, 2.75) is 25.5 Å². The van der Waals surface area contributed by atoms with Crippen LogP contribution in [0.2, 0.25) is 0 Å². The Morgan fingerprint density at radius 3 is 2.53 bits per heavy atom. The summed E-state index contributed by atoms with van der Waals surface area (Å²) >= 11 is 1.35. The molecule has 1 amide bonds. The zero-order valence-corrected chi connectivity index (χ0v) is 18.7. The van der Waals surface area contributed by atoms with Crippen LogP contribution in [0.15, 0.2) is 78.2 Å². The summed E-state index contributed by atoms with van der Waals surface area (Å²) in [6.45, 7) is 4.74. The third-order valence-electron chi connectivity index (χ3n) is 4.71. The highest BCUT2D eigenvalue weighted by molar-refractivity contribution is 7.99. The number of amides is 1. The third kappa shape index (κ3) is 5.15. The van der Waals surface area contributed by atoms with Gasteiger partial charge in [0.15, 0.2) is 16.7 Å². The molecule has 2 aromatic heterocycles. The fourth-order valence-corrected chi connectivity index (χ4v) is 3.91. The molecular formula is C24H23N5O2S. The van der Waals surface area contributed by atoms with E-state index in [1.54, 1.807) is 12.4 Å². The van der Waals surface area contributed by atoms with Gasteiger partial charge in [-0.05, 0) is 50.2 Å². The zero-order valence-electron chi connectivity index (χ0n) is 17.9. The van der Waals surface area contributed by atoms with Crippen LogP contribution in [0.25, 0.3) is 11.4 Å². The Balaban J connectivity index is 1.42. The molecule has 0 radical (unpaired) electrons. The monoisotopic (exact) mass is 445 g/mol. The summed E-state index contributed by atoms with van der Waals surface area (Å²) in [6, 6.07) is 18.9. The molecule has 162 valence electrons. The minimum absolute atomic E-state index is 0.147. The maximum absolute atomic E-state index is 12.7. The van der Waals surface area contributed by atoms with E-state index in [9.17, 15) is 4.79 Å². The SMILES string of the molecule is CCn1c(SCC(=O)Nc2ccccc2Oc2ccc(C)cc2)nnc1-c1ccncc1. The van der Waals surface area contributed by atoms with Crippen molar-refractivity contribution in [1.29, 1.82) is 0 Å². The second-order valence-electron chi connectivity index (χ2n) is 7.03. The van der Waals surface area contributed by atoms with E-state index in [-0.39, 0.29) is 11.7 Å². The molecule has 32 heavy (non-hydrogen) atoms. The van der Waals surface area contributed by atoms with Gasteiger partial charge in [0.25, 0.3) is 0 Å². The normalized spacial score (nSPS) is 10.7. The van der Waals surface area contributed by atoms with E-state index in [0.29, 0.717) is 28.9 Å². The summed E-state index contributed by atoms with van der Waals surface area (Å²) < 4.78 is 7.95. The summed E-state index contributed by atoms with van der Waals surface area (Å²) in [6.07, 6.45) is 3.45. The molecule has 0 aliphatic carbocycles. The Labute approximate surface area is 190 Å². The number of pyridine rings is 1. The smallest absolute Gasteiger partial charge is 0.234 e. The number of ether oxygens (including phenoxy) is 1. The largest absolute Gasteiger partial charge is 0.455 e. The first kappa shape index (κ1) is 21.6. The van der Waals surface area contributed by atoms with Gasteiger partial charge in [-0.1, -0.05) is 41.6 Å². The zero-order chi connectivity index (χ0) is 22.3. The topological polar surface area (TPSA) is 81.9 Å². The number of thioether (sulfide) groups is 1. The van der Waals surface area contributed by atoms with Gasteiger partial charge in [-0.3, -0.25) is 9.78 Å². The van der Waals surface area contributed by atoms with Crippen LogP contribution in [0.3, 0.4) is 0 Å². The van der Waals surface area contributed by atoms with Gasteiger partial charge >= 0.3 is 0 Å². The van der Waals surface area contributed by atoms with Crippen molar-refractivity contribution in [3.8, 4) is 22.9 Å². The Bertz CT molecular complexity index is 1190. The van der Waals surface area contributed by atoms with Gasteiger partial charge in [0.2, 0.25) is 5.91 Å². The summed E-state index contributed by atoms with van der Waals surface area (Å²) in [4.78, 5) is 16.7. The van der Waals surface area contributed by atoms with Crippen molar-refractivity contribution >= 4 is 23.4 Å². The van der Waals surface area contributed by atoms with Crippen molar-refractivity contribution < 1.29 is 9.53 Å². The number of carbonyl (C=O) groups is 1. The molecule has 0 fully saturated rings. The number of aromatic nitrogens is 4. The number of anilines is 1. The van der Waals surface area contributed by atoms with Crippen LogP contribution in [0.1, 0.15) is 12.5 Å². The molecular weight excluding hydrogens is 422 g/mol. The van der Waals surface area contributed by atoms with Gasteiger partial charge in [-0.2, -0.15) is 0 Å². The van der Waals surface area contributed by atoms with Crippen molar-refractivity contribution in [2.24, 2.45) is 0 Å². The summed E-state index contributed by atoms with van der Waals surface area (Å²) in [7, 11) is 0. The molecule has 4 aromatic rings.